The van der Waals surface area contributed by atoms with E-state index in [1.165, 1.54) is 11.8 Å². The molecule has 0 aromatic rings. The Bertz CT molecular complexity index is 281. The van der Waals surface area contributed by atoms with Crippen molar-refractivity contribution >= 4 is 5.91 Å². The normalized spacial score (nSPS) is 25.3. The van der Waals surface area contributed by atoms with Crippen LogP contribution >= 0.6 is 0 Å². The van der Waals surface area contributed by atoms with E-state index in [0.29, 0.717) is 13.0 Å². The number of piperidine rings is 1. The molecule has 1 heterocycles. The number of hydrogen-bond acceptors (Lipinski definition) is 2. The molecule has 0 aromatic heterocycles. The summed E-state index contributed by atoms with van der Waals surface area (Å²) in [5.74, 6) is -0.637. The predicted octanol–water partition coefficient (Wildman–Crippen LogP) is 2.18. The summed E-state index contributed by atoms with van der Waals surface area (Å²) in [4.78, 5) is 12.9. The molecule has 0 aliphatic carbocycles. The van der Waals surface area contributed by atoms with Gasteiger partial charge in [-0.05, 0) is 25.3 Å². The molecular weight excluding hydrogens is 245 g/mol. The molecule has 1 amide bonds. The van der Waals surface area contributed by atoms with Gasteiger partial charge in [-0.25, -0.2) is 0 Å². The van der Waals surface area contributed by atoms with Gasteiger partial charge in [0.05, 0.1) is 0 Å². The monoisotopic (exact) mass is 266 g/mol. The van der Waals surface area contributed by atoms with Crippen LogP contribution in [0.3, 0.4) is 0 Å². The third-order valence-electron chi connectivity index (χ3n) is 3.19. The van der Waals surface area contributed by atoms with Gasteiger partial charge in [-0.3, -0.25) is 4.79 Å². The van der Waals surface area contributed by atoms with Gasteiger partial charge >= 0.3 is 6.18 Å². The first-order valence-corrected chi connectivity index (χ1v) is 6.37. The minimum Gasteiger partial charge on any atom is -0.341 e. The van der Waals surface area contributed by atoms with E-state index in [2.05, 4.69) is 5.32 Å². The fourth-order valence-electron chi connectivity index (χ4n) is 2.43. The number of carbonyl (C=O) groups is 1. The van der Waals surface area contributed by atoms with Crippen LogP contribution in [0, 0.1) is 5.92 Å². The first-order chi connectivity index (χ1) is 8.31. The summed E-state index contributed by atoms with van der Waals surface area (Å²) in [6, 6.07) is -0.0186. The smallest absolute Gasteiger partial charge is 0.341 e. The Morgan fingerprint density at radius 1 is 1.39 bits per heavy atom. The highest BCUT2D eigenvalue weighted by atomic mass is 19.4. The lowest BCUT2D eigenvalue weighted by molar-refractivity contribution is -0.152. The molecule has 1 rings (SSSR count). The molecule has 1 aliphatic heterocycles. The van der Waals surface area contributed by atoms with Gasteiger partial charge in [-0.15, -0.1) is 0 Å². The molecule has 0 radical (unpaired) electrons. The number of nitrogens with zero attached hydrogens (tertiary/aromatic N) is 1. The Hall–Kier alpha value is -0.780. The summed E-state index contributed by atoms with van der Waals surface area (Å²) < 4.78 is 37.3. The second-order valence-corrected chi connectivity index (χ2v) is 5.00. The summed E-state index contributed by atoms with van der Waals surface area (Å²) in [5.41, 5.74) is 0. The van der Waals surface area contributed by atoms with E-state index >= 15 is 0 Å². The van der Waals surface area contributed by atoms with Crippen LogP contribution in [0.5, 0.6) is 0 Å². The zero-order valence-electron chi connectivity index (χ0n) is 10.9. The number of amides is 1. The highest BCUT2D eigenvalue weighted by Crippen LogP contribution is 2.30. The molecule has 1 saturated heterocycles. The number of alkyl halides is 3. The summed E-state index contributed by atoms with van der Waals surface area (Å²) >= 11 is 0. The van der Waals surface area contributed by atoms with E-state index in [1.54, 1.807) is 0 Å². The van der Waals surface area contributed by atoms with Crippen LogP contribution in [0.1, 0.15) is 33.1 Å². The molecular formula is C12H21F3N2O. The van der Waals surface area contributed by atoms with Crippen LogP contribution in [-0.2, 0) is 4.79 Å². The zero-order valence-corrected chi connectivity index (χ0v) is 10.9. The van der Waals surface area contributed by atoms with E-state index in [9.17, 15) is 18.0 Å². The molecule has 0 spiro atoms. The van der Waals surface area contributed by atoms with Crippen LogP contribution in [0.4, 0.5) is 13.2 Å². The van der Waals surface area contributed by atoms with Crippen molar-refractivity contribution in [2.75, 3.05) is 19.6 Å². The minimum atomic E-state index is -4.15. The minimum absolute atomic E-state index is 0.0186. The van der Waals surface area contributed by atoms with Crippen LogP contribution in [-0.4, -0.2) is 42.7 Å². The molecule has 2 atom stereocenters. The Morgan fingerprint density at radius 2 is 2.06 bits per heavy atom. The SMILES string of the molecule is CCCNC1CC(CC(F)(F)F)CN(C(C)=O)C1. The number of nitrogens with one attached hydrogen (secondary N) is 1. The highest BCUT2D eigenvalue weighted by molar-refractivity contribution is 5.73. The molecule has 2 unspecified atom stereocenters. The van der Waals surface area contributed by atoms with Gasteiger partial charge in [-0.1, -0.05) is 6.92 Å². The van der Waals surface area contributed by atoms with Crippen molar-refractivity contribution in [2.45, 2.75) is 45.3 Å². The zero-order chi connectivity index (χ0) is 13.8. The molecule has 0 saturated carbocycles. The quantitative estimate of drug-likeness (QED) is 0.846. The maximum absolute atomic E-state index is 12.4. The van der Waals surface area contributed by atoms with E-state index in [-0.39, 0.29) is 18.5 Å². The standard InChI is InChI=1S/C12H21F3N2O/c1-3-4-16-11-5-10(6-12(13,14)15)7-17(8-11)9(2)18/h10-11,16H,3-8H2,1-2H3. The number of carbonyl (C=O) groups excluding carboxylic acids is 1. The molecule has 18 heavy (non-hydrogen) atoms. The van der Waals surface area contributed by atoms with E-state index in [4.69, 9.17) is 0 Å². The third-order valence-corrected chi connectivity index (χ3v) is 3.19. The van der Waals surface area contributed by atoms with Crippen molar-refractivity contribution in [3.8, 4) is 0 Å². The van der Waals surface area contributed by atoms with Crippen molar-refractivity contribution in [1.29, 1.82) is 0 Å². The van der Waals surface area contributed by atoms with Crippen molar-refractivity contribution in [3.63, 3.8) is 0 Å². The van der Waals surface area contributed by atoms with Gasteiger partial charge in [0.2, 0.25) is 5.91 Å². The van der Waals surface area contributed by atoms with Crippen LogP contribution in [0.25, 0.3) is 0 Å². The van der Waals surface area contributed by atoms with Crippen molar-refractivity contribution in [2.24, 2.45) is 5.92 Å². The summed E-state index contributed by atoms with van der Waals surface area (Å²) in [7, 11) is 0. The van der Waals surface area contributed by atoms with Crippen LogP contribution in [0.2, 0.25) is 0 Å². The Kier molecular flexibility index (Phi) is 5.44. The van der Waals surface area contributed by atoms with Gasteiger partial charge in [0, 0.05) is 32.5 Å². The maximum atomic E-state index is 12.4. The number of rotatable bonds is 4. The fourth-order valence-corrected chi connectivity index (χ4v) is 2.43. The number of hydrogen-bond donors (Lipinski definition) is 1. The topological polar surface area (TPSA) is 32.3 Å². The van der Waals surface area contributed by atoms with Gasteiger partial charge in [0.25, 0.3) is 0 Å². The second-order valence-electron chi connectivity index (χ2n) is 5.00. The first-order valence-electron chi connectivity index (χ1n) is 6.37. The lowest BCUT2D eigenvalue weighted by atomic mass is 9.91. The van der Waals surface area contributed by atoms with Crippen LogP contribution < -0.4 is 5.32 Å². The molecule has 106 valence electrons. The molecule has 6 heteroatoms. The second kappa shape index (κ2) is 6.41. The average molecular weight is 266 g/mol. The molecule has 0 aromatic carbocycles. The van der Waals surface area contributed by atoms with Crippen LogP contribution in [0.15, 0.2) is 0 Å². The lowest BCUT2D eigenvalue weighted by Crippen LogP contribution is -2.51. The summed E-state index contributed by atoms with van der Waals surface area (Å²) in [5, 5.41) is 3.21. The van der Waals surface area contributed by atoms with Gasteiger partial charge in [-0.2, -0.15) is 13.2 Å². The van der Waals surface area contributed by atoms with Crippen molar-refractivity contribution < 1.29 is 18.0 Å². The fraction of sp³-hybridized carbons (Fsp3) is 0.917. The largest absolute Gasteiger partial charge is 0.389 e. The van der Waals surface area contributed by atoms with Crippen molar-refractivity contribution in [1.82, 2.24) is 10.2 Å². The van der Waals surface area contributed by atoms with Crippen molar-refractivity contribution in [3.05, 3.63) is 0 Å². The number of likely N-dealkylation sites (tertiary alicyclic amines) is 1. The van der Waals surface area contributed by atoms with Gasteiger partial charge < -0.3 is 10.2 Å². The summed E-state index contributed by atoms with van der Waals surface area (Å²) in [6.45, 7) is 4.93. The molecule has 1 fully saturated rings. The van der Waals surface area contributed by atoms with Gasteiger partial charge in [0.1, 0.15) is 0 Å². The highest BCUT2D eigenvalue weighted by Gasteiger charge is 2.37. The predicted molar refractivity (Wildman–Crippen MR) is 63.1 cm³/mol. The molecule has 1 aliphatic rings. The molecule has 3 nitrogen and oxygen atoms in total. The maximum Gasteiger partial charge on any atom is 0.389 e. The third kappa shape index (κ3) is 5.25. The number of halogens is 3. The van der Waals surface area contributed by atoms with E-state index < -0.39 is 18.5 Å². The Morgan fingerprint density at radius 3 is 2.56 bits per heavy atom. The molecule has 1 N–H and O–H groups in total. The first kappa shape index (κ1) is 15.3. The summed E-state index contributed by atoms with van der Waals surface area (Å²) in [6.07, 6.45) is -3.54. The Balaban J connectivity index is 2.59. The van der Waals surface area contributed by atoms with Gasteiger partial charge in [0.15, 0.2) is 0 Å². The Labute approximate surface area is 106 Å². The van der Waals surface area contributed by atoms with E-state index in [1.807, 2.05) is 6.92 Å². The van der Waals surface area contributed by atoms with E-state index in [0.717, 1.165) is 13.0 Å². The molecule has 0 bridgehead atoms. The lowest BCUT2D eigenvalue weighted by Gasteiger charge is -2.38. The average Bonchev–Trinajstić information content (AvgIpc) is 2.23.